The number of rotatable bonds is 6. The van der Waals surface area contributed by atoms with Gasteiger partial charge in [-0.1, -0.05) is 6.07 Å². The van der Waals surface area contributed by atoms with E-state index in [1.807, 2.05) is 0 Å². The quantitative estimate of drug-likeness (QED) is 0.742. The van der Waals surface area contributed by atoms with Gasteiger partial charge in [-0.15, -0.1) is 0 Å². The van der Waals surface area contributed by atoms with Gasteiger partial charge < -0.3 is 20.7 Å². The molecule has 2 aromatic rings. The lowest BCUT2D eigenvalue weighted by atomic mass is 10.2. The Morgan fingerprint density at radius 3 is 2.65 bits per heavy atom. The molecule has 7 heteroatoms. The van der Waals surface area contributed by atoms with Crippen LogP contribution in [0.5, 0.6) is 0 Å². The number of ether oxygens (including phenoxy) is 1. The van der Waals surface area contributed by atoms with Gasteiger partial charge in [0.25, 0.3) is 5.91 Å². The van der Waals surface area contributed by atoms with E-state index in [0.29, 0.717) is 29.3 Å². The summed E-state index contributed by atoms with van der Waals surface area (Å²) in [6.07, 6.45) is 3.92. The van der Waals surface area contributed by atoms with Gasteiger partial charge in [-0.05, 0) is 43.2 Å². The molecule has 2 heterocycles. The van der Waals surface area contributed by atoms with E-state index >= 15 is 0 Å². The Morgan fingerprint density at radius 1 is 1.19 bits per heavy atom. The van der Waals surface area contributed by atoms with E-state index in [-0.39, 0.29) is 17.9 Å². The first-order valence-electron chi connectivity index (χ1n) is 8.61. The zero-order chi connectivity index (χ0) is 18.4. The summed E-state index contributed by atoms with van der Waals surface area (Å²) < 4.78 is 5.56. The van der Waals surface area contributed by atoms with E-state index in [1.54, 1.807) is 36.4 Å². The second-order valence-corrected chi connectivity index (χ2v) is 6.16. The number of amides is 2. The smallest absolute Gasteiger partial charge is 0.257 e. The number of nitrogens with one attached hydrogen (secondary N) is 3. The molecule has 1 aromatic heterocycles. The second kappa shape index (κ2) is 8.44. The molecule has 0 spiro atoms. The van der Waals surface area contributed by atoms with Crippen LogP contribution >= 0.6 is 0 Å². The normalized spacial score (nSPS) is 16.1. The van der Waals surface area contributed by atoms with Crippen LogP contribution in [0.25, 0.3) is 0 Å². The predicted molar refractivity (Wildman–Crippen MR) is 100 cm³/mol. The van der Waals surface area contributed by atoms with Crippen LogP contribution in [0.1, 0.15) is 30.1 Å². The fourth-order valence-electron chi connectivity index (χ4n) is 2.74. The van der Waals surface area contributed by atoms with Crippen LogP contribution in [-0.4, -0.2) is 36.1 Å². The first-order chi connectivity index (χ1) is 12.6. The van der Waals surface area contributed by atoms with Crippen molar-refractivity contribution in [1.29, 1.82) is 0 Å². The molecule has 1 aromatic carbocycles. The van der Waals surface area contributed by atoms with Crippen molar-refractivity contribution >= 4 is 29.0 Å². The Bertz CT molecular complexity index is 771. The Balaban J connectivity index is 1.56. The van der Waals surface area contributed by atoms with E-state index in [9.17, 15) is 9.59 Å². The highest BCUT2D eigenvalue weighted by atomic mass is 16.5. The summed E-state index contributed by atoms with van der Waals surface area (Å²) in [4.78, 5) is 27.7. The highest BCUT2D eigenvalue weighted by molar-refractivity contribution is 6.04. The van der Waals surface area contributed by atoms with Crippen LogP contribution in [-0.2, 0) is 9.53 Å². The molecule has 3 rings (SSSR count). The molecule has 0 aliphatic carbocycles. The molecule has 0 bridgehead atoms. The number of anilines is 3. The number of aromatic nitrogens is 1. The molecule has 1 aliphatic heterocycles. The molecule has 0 saturated carbocycles. The summed E-state index contributed by atoms with van der Waals surface area (Å²) in [5.74, 6) is 0.289. The van der Waals surface area contributed by atoms with Crippen molar-refractivity contribution < 1.29 is 14.3 Å². The van der Waals surface area contributed by atoms with Gasteiger partial charge in [0.2, 0.25) is 5.91 Å². The lowest BCUT2D eigenvalue weighted by molar-refractivity contribution is -0.114. The van der Waals surface area contributed by atoms with Crippen LogP contribution in [0, 0.1) is 0 Å². The van der Waals surface area contributed by atoms with E-state index in [2.05, 4.69) is 20.9 Å². The van der Waals surface area contributed by atoms with Crippen molar-refractivity contribution in [2.75, 3.05) is 29.1 Å². The van der Waals surface area contributed by atoms with Gasteiger partial charge in [-0.2, -0.15) is 0 Å². The standard InChI is InChI=1S/C19H22N4O3/c1-13(24)22-15-4-2-5-16(10-15)23-19(25)14-7-8-18(20-11-14)21-12-17-6-3-9-26-17/h2,4-5,7-8,10-11,17H,3,6,9,12H2,1H3,(H,20,21)(H,22,24)(H,23,25). The predicted octanol–water partition coefficient (Wildman–Crippen LogP) is 2.88. The summed E-state index contributed by atoms with van der Waals surface area (Å²) in [5.41, 5.74) is 1.68. The number of hydrogen-bond donors (Lipinski definition) is 3. The van der Waals surface area contributed by atoms with Gasteiger partial charge in [0.05, 0.1) is 11.7 Å². The first-order valence-corrected chi connectivity index (χ1v) is 8.61. The van der Waals surface area contributed by atoms with E-state index < -0.39 is 0 Å². The van der Waals surface area contributed by atoms with Crippen molar-refractivity contribution in [2.24, 2.45) is 0 Å². The zero-order valence-corrected chi connectivity index (χ0v) is 14.6. The zero-order valence-electron chi connectivity index (χ0n) is 14.6. The van der Waals surface area contributed by atoms with E-state index in [0.717, 1.165) is 19.4 Å². The van der Waals surface area contributed by atoms with Crippen LogP contribution < -0.4 is 16.0 Å². The number of hydrogen-bond acceptors (Lipinski definition) is 5. The molecular formula is C19H22N4O3. The highest BCUT2D eigenvalue weighted by Crippen LogP contribution is 2.17. The average molecular weight is 354 g/mol. The summed E-state index contributed by atoms with van der Waals surface area (Å²) in [7, 11) is 0. The number of pyridine rings is 1. The van der Waals surface area contributed by atoms with Crippen molar-refractivity contribution in [3.05, 3.63) is 48.2 Å². The lowest BCUT2D eigenvalue weighted by Crippen LogP contribution is -2.19. The number of carbonyl (C=O) groups excluding carboxylic acids is 2. The average Bonchev–Trinajstić information content (AvgIpc) is 3.14. The third-order valence-electron chi connectivity index (χ3n) is 4.00. The third kappa shape index (κ3) is 5.03. The number of benzene rings is 1. The summed E-state index contributed by atoms with van der Waals surface area (Å²) in [6.45, 7) is 2.97. The van der Waals surface area contributed by atoms with Crippen molar-refractivity contribution in [1.82, 2.24) is 4.98 Å². The molecule has 1 unspecified atom stereocenters. The minimum atomic E-state index is -0.261. The third-order valence-corrected chi connectivity index (χ3v) is 4.00. The maximum Gasteiger partial charge on any atom is 0.257 e. The monoisotopic (exact) mass is 354 g/mol. The Labute approximate surface area is 152 Å². The van der Waals surface area contributed by atoms with Gasteiger partial charge in [0, 0.05) is 37.6 Å². The number of nitrogens with zero attached hydrogens (tertiary/aromatic N) is 1. The summed E-state index contributed by atoms with van der Waals surface area (Å²) >= 11 is 0. The molecule has 1 saturated heterocycles. The molecule has 26 heavy (non-hydrogen) atoms. The molecule has 2 amide bonds. The molecule has 1 fully saturated rings. The molecular weight excluding hydrogens is 332 g/mol. The fraction of sp³-hybridized carbons (Fsp3) is 0.316. The Hall–Kier alpha value is -2.93. The van der Waals surface area contributed by atoms with E-state index in [4.69, 9.17) is 4.74 Å². The van der Waals surface area contributed by atoms with Gasteiger partial charge in [-0.3, -0.25) is 9.59 Å². The SMILES string of the molecule is CC(=O)Nc1cccc(NC(=O)c2ccc(NCC3CCCO3)nc2)c1. The largest absolute Gasteiger partial charge is 0.376 e. The van der Waals surface area contributed by atoms with Crippen molar-refractivity contribution in [3.63, 3.8) is 0 Å². The van der Waals surface area contributed by atoms with Gasteiger partial charge in [0.15, 0.2) is 0 Å². The minimum Gasteiger partial charge on any atom is -0.376 e. The van der Waals surface area contributed by atoms with Crippen LogP contribution in [0.4, 0.5) is 17.2 Å². The first kappa shape index (κ1) is 17.9. The Morgan fingerprint density at radius 2 is 2.00 bits per heavy atom. The maximum absolute atomic E-state index is 12.3. The highest BCUT2D eigenvalue weighted by Gasteiger charge is 2.15. The lowest BCUT2D eigenvalue weighted by Gasteiger charge is -2.11. The van der Waals surface area contributed by atoms with Crippen LogP contribution in [0.3, 0.4) is 0 Å². The van der Waals surface area contributed by atoms with E-state index in [1.165, 1.54) is 13.1 Å². The molecule has 1 atom stereocenters. The topological polar surface area (TPSA) is 92.4 Å². The molecule has 3 N–H and O–H groups in total. The van der Waals surface area contributed by atoms with Crippen molar-refractivity contribution in [2.45, 2.75) is 25.9 Å². The summed E-state index contributed by atoms with van der Waals surface area (Å²) in [6, 6.07) is 10.5. The van der Waals surface area contributed by atoms with Gasteiger partial charge in [-0.25, -0.2) is 4.98 Å². The second-order valence-electron chi connectivity index (χ2n) is 6.16. The molecule has 1 aliphatic rings. The summed E-state index contributed by atoms with van der Waals surface area (Å²) in [5, 5.41) is 8.70. The molecule has 136 valence electrons. The van der Waals surface area contributed by atoms with Gasteiger partial charge >= 0.3 is 0 Å². The minimum absolute atomic E-state index is 0.163. The molecule has 0 radical (unpaired) electrons. The van der Waals surface area contributed by atoms with Crippen LogP contribution in [0.2, 0.25) is 0 Å². The maximum atomic E-state index is 12.3. The van der Waals surface area contributed by atoms with Crippen LogP contribution in [0.15, 0.2) is 42.6 Å². The Kier molecular flexibility index (Phi) is 5.80. The van der Waals surface area contributed by atoms with Crippen molar-refractivity contribution in [3.8, 4) is 0 Å². The number of carbonyl (C=O) groups is 2. The molecule has 7 nitrogen and oxygen atoms in total. The fourth-order valence-corrected chi connectivity index (χ4v) is 2.74. The van der Waals surface area contributed by atoms with Gasteiger partial charge in [0.1, 0.15) is 5.82 Å².